The monoisotopic (exact) mass is 286 g/mol. The minimum Gasteiger partial charge on any atom is -0.267 e. The lowest BCUT2D eigenvalue weighted by atomic mass is 10.1. The van der Waals surface area contributed by atoms with Gasteiger partial charge in [-0.15, -0.1) is 0 Å². The molecule has 0 saturated heterocycles. The second-order valence-electron chi connectivity index (χ2n) is 4.95. The van der Waals surface area contributed by atoms with E-state index in [2.05, 4.69) is 27.6 Å². The molecule has 1 amide bonds. The lowest BCUT2D eigenvalue weighted by molar-refractivity contribution is 0.0950. The number of carbonyl (C=O) groups is 1. The maximum atomic E-state index is 12.2. The number of carbonyl (C=O) groups excluding carboxylic acids is 1. The number of fused-ring (bicyclic) bond motifs is 1. The summed E-state index contributed by atoms with van der Waals surface area (Å²) in [6, 6.07) is 6.84. The molecule has 0 saturated carbocycles. The summed E-state index contributed by atoms with van der Waals surface area (Å²) in [5.74, 6) is -0.143. The number of amides is 1. The summed E-state index contributed by atoms with van der Waals surface area (Å²) >= 11 is 0. The molecule has 0 bridgehead atoms. The Morgan fingerprint density at radius 3 is 2.71 bits per heavy atom. The van der Waals surface area contributed by atoms with E-state index in [1.54, 1.807) is 24.3 Å². The van der Waals surface area contributed by atoms with Crippen molar-refractivity contribution in [3.8, 4) is 0 Å². The Balaban J connectivity index is 2.33. The molecule has 21 heavy (non-hydrogen) atoms. The fourth-order valence-electron chi connectivity index (χ4n) is 1.89. The van der Waals surface area contributed by atoms with Gasteiger partial charge in [0.15, 0.2) is 5.69 Å². The van der Waals surface area contributed by atoms with Gasteiger partial charge in [-0.25, -0.2) is 10.5 Å². The Labute approximate surface area is 122 Å². The van der Waals surface area contributed by atoms with Crippen molar-refractivity contribution in [2.75, 3.05) is 0 Å². The molecule has 0 spiro atoms. The predicted octanol–water partition coefficient (Wildman–Crippen LogP) is 2.07. The van der Waals surface area contributed by atoms with Gasteiger partial charge in [0.1, 0.15) is 0 Å². The number of hydrogen-bond acceptors (Lipinski definition) is 4. The van der Waals surface area contributed by atoms with Crippen LogP contribution in [0.4, 0.5) is 0 Å². The highest BCUT2D eigenvalue weighted by Gasteiger charge is 2.13. The smallest absolute Gasteiger partial charge is 0.267 e. The van der Waals surface area contributed by atoms with Crippen LogP contribution in [0, 0.1) is 5.92 Å². The molecule has 0 aliphatic rings. The van der Waals surface area contributed by atoms with E-state index >= 15 is 0 Å². The molecule has 0 unspecified atom stereocenters. The second-order valence-corrected chi connectivity index (χ2v) is 4.95. The van der Waals surface area contributed by atoms with Crippen LogP contribution in [-0.2, 0) is 0 Å². The standard InChI is InChI=1S/C15H18N4O2/c1-4-9(2)10(3)16-19-15(21)13-11-7-5-6-8-12(11)14(20)18-17-13/h5-9H,4H2,1-3H3,(H,18,20)(H,19,21)/b16-10-/t9-/m1/s1. The first-order chi connectivity index (χ1) is 10.0. The molecule has 1 aromatic heterocycles. The molecule has 6 nitrogen and oxygen atoms in total. The maximum absolute atomic E-state index is 12.2. The number of H-pyrrole nitrogens is 1. The normalized spacial score (nSPS) is 13.2. The third-order valence-electron chi connectivity index (χ3n) is 3.57. The molecule has 1 heterocycles. The first-order valence-corrected chi connectivity index (χ1v) is 6.86. The summed E-state index contributed by atoms with van der Waals surface area (Å²) in [7, 11) is 0. The van der Waals surface area contributed by atoms with Gasteiger partial charge in [-0.3, -0.25) is 9.59 Å². The van der Waals surface area contributed by atoms with Crippen molar-refractivity contribution in [2.24, 2.45) is 11.0 Å². The molecule has 0 fully saturated rings. The summed E-state index contributed by atoms with van der Waals surface area (Å²) in [6.45, 7) is 5.97. The molecule has 2 N–H and O–H groups in total. The Bertz CT molecular complexity index is 749. The Hall–Kier alpha value is -2.50. The van der Waals surface area contributed by atoms with Crippen LogP contribution >= 0.6 is 0 Å². The summed E-state index contributed by atoms with van der Waals surface area (Å²) in [4.78, 5) is 23.9. The van der Waals surface area contributed by atoms with Gasteiger partial charge in [-0.1, -0.05) is 32.0 Å². The average molecular weight is 286 g/mol. The van der Waals surface area contributed by atoms with Gasteiger partial charge < -0.3 is 0 Å². The van der Waals surface area contributed by atoms with E-state index < -0.39 is 5.91 Å². The largest absolute Gasteiger partial charge is 0.292 e. The van der Waals surface area contributed by atoms with Gasteiger partial charge >= 0.3 is 0 Å². The lowest BCUT2D eigenvalue weighted by Gasteiger charge is -2.08. The fourth-order valence-corrected chi connectivity index (χ4v) is 1.89. The quantitative estimate of drug-likeness (QED) is 0.666. The van der Waals surface area contributed by atoms with E-state index in [0.717, 1.165) is 12.1 Å². The second kappa shape index (κ2) is 6.30. The zero-order chi connectivity index (χ0) is 15.4. The third-order valence-corrected chi connectivity index (χ3v) is 3.57. The zero-order valence-corrected chi connectivity index (χ0v) is 12.3. The number of hydrazone groups is 1. The molecule has 110 valence electrons. The molecule has 0 aliphatic heterocycles. The van der Waals surface area contributed by atoms with E-state index in [-0.39, 0.29) is 11.3 Å². The number of benzene rings is 1. The minimum atomic E-state index is -0.440. The van der Waals surface area contributed by atoms with Crippen LogP contribution in [0.25, 0.3) is 10.8 Å². The minimum absolute atomic E-state index is 0.158. The molecule has 6 heteroatoms. The number of aromatic amines is 1. The highest BCUT2D eigenvalue weighted by molar-refractivity contribution is 6.05. The zero-order valence-electron chi connectivity index (χ0n) is 12.3. The Morgan fingerprint density at radius 2 is 2.05 bits per heavy atom. The molecule has 1 atom stereocenters. The fraction of sp³-hybridized carbons (Fsp3) is 0.333. The highest BCUT2D eigenvalue weighted by Crippen LogP contribution is 2.12. The first-order valence-electron chi connectivity index (χ1n) is 6.86. The average Bonchev–Trinajstić information content (AvgIpc) is 2.52. The third kappa shape index (κ3) is 3.16. The summed E-state index contributed by atoms with van der Waals surface area (Å²) in [5.41, 5.74) is 3.18. The van der Waals surface area contributed by atoms with E-state index in [9.17, 15) is 9.59 Å². The highest BCUT2D eigenvalue weighted by atomic mass is 16.2. The number of nitrogens with zero attached hydrogens (tertiary/aromatic N) is 2. The van der Waals surface area contributed by atoms with Crippen molar-refractivity contribution in [1.29, 1.82) is 0 Å². The van der Waals surface area contributed by atoms with Crippen molar-refractivity contribution in [3.63, 3.8) is 0 Å². The van der Waals surface area contributed by atoms with E-state index in [4.69, 9.17) is 0 Å². The molecule has 0 radical (unpaired) electrons. The van der Waals surface area contributed by atoms with Crippen molar-refractivity contribution < 1.29 is 4.79 Å². The van der Waals surface area contributed by atoms with E-state index in [1.165, 1.54) is 0 Å². The molecule has 2 rings (SSSR count). The van der Waals surface area contributed by atoms with Crippen molar-refractivity contribution in [2.45, 2.75) is 27.2 Å². The van der Waals surface area contributed by atoms with Crippen LogP contribution in [0.15, 0.2) is 34.2 Å². The Kier molecular flexibility index (Phi) is 4.47. The topological polar surface area (TPSA) is 87.2 Å². The van der Waals surface area contributed by atoms with Crippen LogP contribution in [0.3, 0.4) is 0 Å². The molecular weight excluding hydrogens is 268 g/mol. The molecule has 0 aliphatic carbocycles. The van der Waals surface area contributed by atoms with Crippen molar-refractivity contribution in [1.82, 2.24) is 15.6 Å². The Morgan fingerprint density at radius 1 is 1.38 bits per heavy atom. The van der Waals surface area contributed by atoms with Crippen LogP contribution in [0.2, 0.25) is 0 Å². The molecular formula is C15H18N4O2. The maximum Gasteiger partial charge on any atom is 0.292 e. The lowest BCUT2D eigenvalue weighted by Crippen LogP contribution is -2.24. The SMILES string of the molecule is CC[C@@H](C)/C(C)=N\NC(=O)c1n[nH]c(=O)c2ccccc12. The molecule has 2 aromatic rings. The molecule has 1 aromatic carbocycles. The summed E-state index contributed by atoms with van der Waals surface area (Å²) in [5, 5.41) is 11.2. The number of nitrogens with one attached hydrogen (secondary N) is 2. The van der Waals surface area contributed by atoms with Gasteiger partial charge in [-0.2, -0.15) is 10.2 Å². The van der Waals surface area contributed by atoms with Crippen LogP contribution in [0.5, 0.6) is 0 Å². The van der Waals surface area contributed by atoms with Gasteiger partial charge in [0.05, 0.1) is 5.39 Å². The summed E-state index contributed by atoms with van der Waals surface area (Å²) < 4.78 is 0. The number of hydrogen-bond donors (Lipinski definition) is 2. The van der Waals surface area contributed by atoms with Crippen LogP contribution in [-0.4, -0.2) is 21.8 Å². The van der Waals surface area contributed by atoms with E-state index in [1.807, 2.05) is 13.8 Å². The number of aromatic nitrogens is 2. The van der Waals surface area contributed by atoms with Crippen LogP contribution in [0.1, 0.15) is 37.7 Å². The van der Waals surface area contributed by atoms with Crippen LogP contribution < -0.4 is 11.0 Å². The van der Waals surface area contributed by atoms with Gasteiger partial charge in [0, 0.05) is 11.1 Å². The number of rotatable bonds is 4. The van der Waals surface area contributed by atoms with Crippen molar-refractivity contribution in [3.05, 3.63) is 40.3 Å². The van der Waals surface area contributed by atoms with Gasteiger partial charge in [0.25, 0.3) is 11.5 Å². The van der Waals surface area contributed by atoms with E-state index in [0.29, 0.717) is 16.7 Å². The predicted molar refractivity (Wildman–Crippen MR) is 82.4 cm³/mol. The van der Waals surface area contributed by atoms with Crippen molar-refractivity contribution >= 4 is 22.4 Å². The van der Waals surface area contributed by atoms with Gasteiger partial charge in [-0.05, 0) is 25.3 Å². The van der Waals surface area contributed by atoms with Gasteiger partial charge in [0.2, 0.25) is 0 Å². The summed E-state index contributed by atoms with van der Waals surface area (Å²) in [6.07, 6.45) is 0.949. The first kappa shape index (κ1) is 14.9.